The molecule has 0 aliphatic carbocycles. The molecule has 24 nitrogen and oxygen atoms in total. The number of nitrogens with two attached hydrogens (primary N) is 2. The van der Waals surface area contributed by atoms with E-state index in [1.165, 1.54) is 23.4 Å². The highest BCUT2D eigenvalue weighted by Gasteiger charge is 2.48. The van der Waals surface area contributed by atoms with Gasteiger partial charge in [-0.25, -0.2) is 19.3 Å². The van der Waals surface area contributed by atoms with Gasteiger partial charge in [-0.2, -0.15) is 0 Å². The Kier molecular flexibility index (Phi) is 10.6. The summed E-state index contributed by atoms with van der Waals surface area (Å²) in [6, 6.07) is 0. The fourth-order valence-electron chi connectivity index (χ4n) is 4.91. The molecule has 0 saturated carbocycles. The molecule has 2 aromatic rings. The number of imidazole rings is 1. The number of hydrogen-bond acceptors (Lipinski definition) is 22. The van der Waals surface area contributed by atoms with E-state index in [0.29, 0.717) is 0 Å². The van der Waals surface area contributed by atoms with Gasteiger partial charge in [-0.1, -0.05) is 6.08 Å². The maximum atomic E-state index is 12.4. The van der Waals surface area contributed by atoms with Gasteiger partial charge in [0.05, 0.1) is 27.4 Å². The molecule has 27 heteroatoms. The van der Waals surface area contributed by atoms with Crippen LogP contribution < -0.4 is 31.0 Å². The van der Waals surface area contributed by atoms with Crippen molar-refractivity contribution in [1.29, 1.82) is 0 Å². The Morgan fingerprint density at radius 1 is 0.958 bits per heavy atom. The first-order valence-electron chi connectivity index (χ1n) is 13.4. The molecule has 266 valence electrons. The lowest BCUT2D eigenvalue weighted by atomic mass is 10.1. The van der Waals surface area contributed by atoms with Gasteiger partial charge in [0.25, 0.3) is 15.6 Å². The van der Waals surface area contributed by atoms with Gasteiger partial charge in [0, 0.05) is 18.0 Å². The molecule has 2 aromatic heterocycles. The first-order chi connectivity index (χ1) is 22.4. The van der Waals surface area contributed by atoms with Crippen LogP contribution in [0.5, 0.6) is 0 Å². The van der Waals surface area contributed by atoms with Gasteiger partial charge in [-0.05, 0) is 6.42 Å². The lowest BCUT2D eigenvalue weighted by Gasteiger charge is -2.34. The van der Waals surface area contributed by atoms with Gasteiger partial charge in [0.2, 0.25) is 5.91 Å². The first kappa shape index (κ1) is 36.5. The molecule has 1 amide bonds. The number of phosphoric acid groups is 3. The number of nitrogen functional groups attached to an aromatic ring is 1. The van der Waals surface area contributed by atoms with Crippen LogP contribution in [0.4, 0.5) is 5.82 Å². The van der Waals surface area contributed by atoms with Crippen LogP contribution in [-0.2, 0) is 45.8 Å². The number of hydrogen-bond donors (Lipinski definition) is 5. The Bertz CT molecular complexity index is 1740. The van der Waals surface area contributed by atoms with Crippen molar-refractivity contribution in [2.45, 2.75) is 55.5 Å². The molecule has 0 spiro atoms. The summed E-state index contributed by atoms with van der Waals surface area (Å²) in [5.41, 5.74) is 11.1. The number of amides is 1. The van der Waals surface area contributed by atoms with Crippen LogP contribution in [-0.4, -0.2) is 102 Å². The third kappa shape index (κ3) is 8.17. The molecule has 10 atom stereocenters. The zero-order valence-electron chi connectivity index (χ0n) is 23.9. The Balaban J connectivity index is 1.20. The quantitative estimate of drug-likeness (QED) is 0.120. The Hall–Kier alpha value is -2.73. The van der Waals surface area contributed by atoms with E-state index >= 15 is 0 Å². The van der Waals surface area contributed by atoms with Crippen molar-refractivity contribution in [3.63, 3.8) is 0 Å². The normalized spacial score (nSPS) is 31.9. The number of aliphatic hydroxyl groups excluding tert-OH is 3. The van der Waals surface area contributed by atoms with Crippen molar-refractivity contribution in [1.82, 2.24) is 24.4 Å². The predicted octanol–water partition coefficient (Wildman–Crippen LogP) is -5.10. The SMILES string of the molecule is NC(=O)C1=CN(C2OC(COP(=O)([O-])OP(=O)([O-])OC[C@H]3O[C@@H](n4cnc5c(N)ncnc54)C(OP(=O)([O-])[O-])[C@H]3O)C(O)C2O)C=CC1. The summed E-state index contributed by atoms with van der Waals surface area (Å²) in [6.45, 7) is -2.26. The van der Waals surface area contributed by atoms with Gasteiger partial charge in [0.15, 0.2) is 23.9 Å². The van der Waals surface area contributed by atoms with Crippen LogP contribution >= 0.6 is 23.5 Å². The monoisotopic (exact) mass is 741 g/mol. The summed E-state index contributed by atoms with van der Waals surface area (Å²) >= 11 is 0. The molecule has 7 N–H and O–H groups in total. The second-order valence-electron chi connectivity index (χ2n) is 10.3. The lowest BCUT2D eigenvalue weighted by molar-refractivity contribution is -0.347. The van der Waals surface area contributed by atoms with E-state index in [1.807, 2.05) is 0 Å². The molecule has 3 aliphatic rings. The smallest absolute Gasteiger partial charge is 0.274 e. The highest BCUT2D eigenvalue weighted by Crippen LogP contribution is 2.56. The summed E-state index contributed by atoms with van der Waals surface area (Å²) < 4.78 is 65.6. The number of aliphatic hydroxyl groups is 3. The number of phosphoric ester groups is 3. The van der Waals surface area contributed by atoms with Gasteiger partial charge >= 0.3 is 0 Å². The minimum atomic E-state index is -5.86. The average molecular weight is 741 g/mol. The van der Waals surface area contributed by atoms with Crippen LogP contribution in [0.25, 0.3) is 11.2 Å². The summed E-state index contributed by atoms with van der Waals surface area (Å²) in [5.74, 6) is -0.849. The van der Waals surface area contributed by atoms with E-state index < -0.39 is 91.7 Å². The molecular weight excluding hydrogens is 715 g/mol. The summed E-state index contributed by atoms with van der Waals surface area (Å²) in [6.07, 6.45) is -7.38. The third-order valence-electron chi connectivity index (χ3n) is 7.09. The van der Waals surface area contributed by atoms with Crippen LogP contribution in [0.1, 0.15) is 12.6 Å². The first-order valence-corrected chi connectivity index (χ1v) is 17.8. The second-order valence-corrected chi connectivity index (χ2v) is 14.4. The number of primary amides is 1. The third-order valence-corrected chi connectivity index (χ3v) is 10.1. The number of carbonyl (C=O) groups excluding carboxylic acids is 1. The van der Waals surface area contributed by atoms with E-state index in [0.717, 1.165) is 17.2 Å². The fraction of sp³-hybridized carbons (Fsp3) is 0.524. The number of anilines is 1. The average Bonchev–Trinajstić information content (AvgIpc) is 3.64. The second kappa shape index (κ2) is 13.9. The number of allylic oxidation sites excluding steroid dienone is 1. The molecule has 0 radical (unpaired) electrons. The van der Waals surface area contributed by atoms with Crippen LogP contribution in [0, 0.1) is 0 Å². The van der Waals surface area contributed by atoms with E-state index in [-0.39, 0.29) is 29.0 Å². The minimum absolute atomic E-state index is 0.0167. The van der Waals surface area contributed by atoms with Gasteiger partial charge in [0.1, 0.15) is 48.5 Å². The molecule has 7 unspecified atom stereocenters. The van der Waals surface area contributed by atoms with Gasteiger partial charge in [-0.3, -0.25) is 18.5 Å². The highest BCUT2D eigenvalue weighted by molar-refractivity contribution is 7.59. The number of aromatic nitrogens is 4. The molecule has 5 heterocycles. The number of carbonyl (C=O) groups is 1. The molecule has 5 rings (SSSR count). The summed E-state index contributed by atoms with van der Waals surface area (Å²) in [4.78, 5) is 71.8. The van der Waals surface area contributed by atoms with E-state index in [9.17, 15) is 53.4 Å². The summed E-state index contributed by atoms with van der Waals surface area (Å²) in [5, 5.41) is 31.4. The van der Waals surface area contributed by atoms with Crippen LogP contribution in [0.3, 0.4) is 0 Å². The van der Waals surface area contributed by atoms with Gasteiger partial charge < -0.3 is 78.9 Å². The number of fused-ring (bicyclic) bond motifs is 1. The lowest BCUT2D eigenvalue weighted by Crippen LogP contribution is -2.40. The maximum Gasteiger partial charge on any atom is 0.274 e. The topological polar surface area (TPSA) is 375 Å². The molecule has 2 fully saturated rings. The number of rotatable bonds is 13. The van der Waals surface area contributed by atoms with Crippen molar-refractivity contribution in [2.24, 2.45) is 5.73 Å². The Morgan fingerprint density at radius 3 is 2.21 bits per heavy atom. The van der Waals surface area contributed by atoms with E-state index in [4.69, 9.17) is 20.9 Å². The largest absolute Gasteiger partial charge is 0.790 e. The zero-order valence-corrected chi connectivity index (χ0v) is 26.6. The summed E-state index contributed by atoms with van der Waals surface area (Å²) in [7, 11) is -17.4. The molecule has 48 heavy (non-hydrogen) atoms. The number of ether oxygens (including phenoxy) is 2. The van der Waals surface area contributed by atoms with Crippen LogP contribution in [0.2, 0.25) is 0 Å². The molecule has 2 saturated heterocycles. The highest BCUT2D eigenvalue weighted by atomic mass is 31.3. The van der Waals surface area contributed by atoms with Crippen molar-refractivity contribution >= 4 is 46.4 Å². The maximum absolute atomic E-state index is 12.4. The van der Waals surface area contributed by atoms with Crippen molar-refractivity contribution < 1.29 is 80.7 Å². The standard InChI is InChI=1S/C21H30N7O17P3/c22-17-12-19(25-7-24-17)28(8-26-12)21-16(44-46(33,34)35)14(30)11(43-21)6-41-48(38,39)45-47(36,37)40-5-10-13(29)15(31)20(42-10)27-3-1-2-9(4-27)18(23)32/h1,3-4,7-8,10-11,13-16,20-21,29-31H,2,5-6H2,(H2,23,32)(H,36,37)(H,38,39)(H2,22,24,25)(H2,33,34,35)/p-4/t10?,11-,13?,14+,15?,16?,20?,21-/m1/s1. The molecule has 3 aliphatic heterocycles. The van der Waals surface area contributed by atoms with E-state index in [1.54, 1.807) is 0 Å². The molecular formula is C21H26N7O17P3-4. The zero-order chi connectivity index (χ0) is 35.2. The number of nitrogens with zero attached hydrogens (tertiary/aromatic N) is 5. The Morgan fingerprint density at radius 2 is 1.58 bits per heavy atom. The van der Waals surface area contributed by atoms with E-state index in [2.05, 4.69) is 32.8 Å². The molecule has 0 aromatic carbocycles. The minimum Gasteiger partial charge on any atom is -0.790 e. The predicted molar refractivity (Wildman–Crippen MR) is 144 cm³/mol. The van der Waals surface area contributed by atoms with Crippen molar-refractivity contribution in [3.8, 4) is 0 Å². The molecule has 0 bridgehead atoms. The van der Waals surface area contributed by atoms with Gasteiger partial charge in [-0.15, -0.1) is 0 Å². The van der Waals surface area contributed by atoms with Crippen molar-refractivity contribution in [2.75, 3.05) is 18.9 Å². The Labute approximate surface area is 268 Å². The van der Waals surface area contributed by atoms with Crippen LogP contribution in [0.15, 0.2) is 36.7 Å². The fourth-order valence-corrected chi connectivity index (χ4v) is 7.45. The van der Waals surface area contributed by atoms with Crippen molar-refractivity contribution in [3.05, 3.63) is 36.7 Å².